The maximum atomic E-state index is 15.8. The molecule has 3 heterocycles. The van der Waals surface area contributed by atoms with Gasteiger partial charge in [0.05, 0.1) is 31.1 Å². The Hall–Kier alpha value is -3.62. The summed E-state index contributed by atoms with van der Waals surface area (Å²) >= 11 is 6.39. The summed E-state index contributed by atoms with van der Waals surface area (Å²) in [5.74, 6) is -1.79. The zero-order valence-corrected chi connectivity index (χ0v) is 24.2. The smallest absolute Gasteiger partial charge is 0.335 e. The van der Waals surface area contributed by atoms with E-state index in [0.717, 1.165) is 17.7 Å². The second kappa shape index (κ2) is 9.74. The normalized spacial score (nSPS) is 25.4. The number of anilines is 2. The van der Waals surface area contributed by atoms with E-state index in [-0.39, 0.29) is 35.4 Å². The fourth-order valence-corrected chi connectivity index (χ4v) is 7.47. The third kappa shape index (κ3) is 4.27. The topological polar surface area (TPSA) is 82.1 Å². The molecule has 3 aliphatic heterocycles. The Morgan fingerprint density at radius 3 is 2.61 bits per heavy atom. The van der Waals surface area contributed by atoms with Gasteiger partial charge in [0.2, 0.25) is 5.91 Å². The average molecular weight is 578 g/mol. The summed E-state index contributed by atoms with van der Waals surface area (Å²) in [7, 11) is 1.46. The van der Waals surface area contributed by atoms with Crippen molar-refractivity contribution in [2.45, 2.75) is 50.6 Å². The fourth-order valence-electron chi connectivity index (χ4n) is 7.30. The maximum Gasteiger partial charge on any atom is 0.335 e. The molecule has 6 rings (SSSR count). The third-order valence-corrected chi connectivity index (χ3v) is 9.10. The number of hydrogen-bond acceptors (Lipinski definition) is 5. The van der Waals surface area contributed by atoms with E-state index >= 15 is 4.39 Å². The van der Waals surface area contributed by atoms with Crippen LogP contribution in [0.1, 0.15) is 54.6 Å². The van der Waals surface area contributed by atoms with Crippen LogP contribution in [-0.2, 0) is 10.2 Å². The summed E-state index contributed by atoms with van der Waals surface area (Å²) < 4.78 is 21.3. The van der Waals surface area contributed by atoms with Gasteiger partial charge in [0.15, 0.2) is 0 Å². The highest BCUT2D eigenvalue weighted by molar-refractivity contribution is 6.30. The van der Waals surface area contributed by atoms with Gasteiger partial charge in [0, 0.05) is 34.6 Å². The van der Waals surface area contributed by atoms with Crippen LogP contribution in [0.3, 0.4) is 0 Å². The number of amides is 1. The zero-order valence-electron chi connectivity index (χ0n) is 23.4. The highest BCUT2D eigenvalue weighted by Gasteiger charge is 2.67. The number of carboxylic acids is 1. The third-order valence-electron chi connectivity index (χ3n) is 8.86. The van der Waals surface area contributed by atoms with Gasteiger partial charge in [-0.15, -0.1) is 0 Å². The molecule has 2 N–H and O–H groups in total. The number of benzene rings is 3. The standard InChI is InChI=1S/C32H33ClFN3O4/c1-31(2,3)15-26-32(16-35-23-14-19(33)10-11-21(23)32)27(20-7-5-6-8-22(20)34)28-29(38)36(17-37(26)28)24-12-9-18(30(39)40)13-25(24)41-4/h5-14,26-28,35H,15-17H2,1-4H3,(H,39,40)/t26-,27-,28+,32-/m0/s1. The molecule has 2 saturated heterocycles. The molecule has 214 valence electrons. The molecule has 0 unspecified atom stereocenters. The zero-order chi connectivity index (χ0) is 29.3. The molecule has 0 bridgehead atoms. The molecule has 0 aromatic heterocycles. The van der Waals surface area contributed by atoms with E-state index in [2.05, 4.69) is 31.0 Å². The largest absolute Gasteiger partial charge is 0.495 e. The minimum Gasteiger partial charge on any atom is -0.495 e. The summed E-state index contributed by atoms with van der Waals surface area (Å²) in [5, 5.41) is 13.7. The lowest BCUT2D eigenvalue weighted by Gasteiger charge is -2.42. The molecule has 0 radical (unpaired) electrons. The first-order chi connectivity index (χ1) is 19.5. The van der Waals surface area contributed by atoms with Gasteiger partial charge in [-0.25, -0.2) is 9.18 Å². The van der Waals surface area contributed by atoms with Crippen LogP contribution in [-0.4, -0.2) is 54.3 Å². The number of rotatable bonds is 5. The van der Waals surface area contributed by atoms with E-state index in [1.54, 1.807) is 23.1 Å². The first-order valence-electron chi connectivity index (χ1n) is 13.7. The summed E-state index contributed by atoms with van der Waals surface area (Å²) in [4.78, 5) is 30.0. The number of aromatic carboxylic acids is 1. The minimum absolute atomic E-state index is 0.0684. The summed E-state index contributed by atoms with van der Waals surface area (Å²) in [6.07, 6.45) is 0.758. The predicted molar refractivity (Wildman–Crippen MR) is 157 cm³/mol. The average Bonchev–Trinajstić information content (AvgIpc) is 3.54. The quantitative estimate of drug-likeness (QED) is 0.380. The minimum atomic E-state index is -1.08. The van der Waals surface area contributed by atoms with E-state index < -0.39 is 23.3 Å². The van der Waals surface area contributed by atoms with Crippen molar-refractivity contribution < 1.29 is 23.8 Å². The SMILES string of the molecule is COc1cc(C(=O)O)ccc1N1CN2[C@@H](CC(C)(C)C)[C@@]3(CNc4cc(Cl)ccc43)[C@@H](c3ccccc3F)[C@@H]2C1=O. The Morgan fingerprint density at radius 2 is 1.93 bits per heavy atom. The molecule has 1 spiro atoms. The lowest BCUT2D eigenvalue weighted by atomic mass is 9.63. The number of carbonyl (C=O) groups excluding carboxylic acids is 1. The lowest BCUT2D eigenvalue weighted by Crippen LogP contribution is -2.49. The van der Waals surface area contributed by atoms with Crippen molar-refractivity contribution >= 4 is 34.9 Å². The predicted octanol–water partition coefficient (Wildman–Crippen LogP) is 6.13. The van der Waals surface area contributed by atoms with E-state index in [4.69, 9.17) is 16.3 Å². The second-order valence-corrected chi connectivity index (χ2v) is 12.9. The van der Waals surface area contributed by atoms with Gasteiger partial charge in [-0.05, 0) is 59.4 Å². The Labute approximate surface area is 243 Å². The summed E-state index contributed by atoms with van der Waals surface area (Å²) in [5.41, 5.74) is 2.32. The van der Waals surface area contributed by atoms with Gasteiger partial charge >= 0.3 is 5.97 Å². The van der Waals surface area contributed by atoms with Gasteiger partial charge in [-0.2, -0.15) is 0 Å². The molecule has 4 atom stereocenters. The van der Waals surface area contributed by atoms with Gasteiger partial charge < -0.3 is 15.2 Å². The van der Waals surface area contributed by atoms with Crippen molar-refractivity contribution in [3.63, 3.8) is 0 Å². The molecule has 3 aromatic rings. The molecular weight excluding hydrogens is 545 g/mol. The van der Waals surface area contributed by atoms with Gasteiger partial charge in [-0.1, -0.05) is 56.6 Å². The maximum absolute atomic E-state index is 15.8. The number of nitrogens with one attached hydrogen (secondary N) is 1. The van der Waals surface area contributed by atoms with E-state index in [1.807, 2.05) is 24.3 Å². The van der Waals surface area contributed by atoms with Crippen LogP contribution >= 0.6 is 11.6 Å². The summed E-state index contributed by atoms with van der Waals surface area (Å²) in [6.45, 7) is 7.35. The Balaban J connectivity index is 1.55. The monoisotopic (exact) mass is 577 g/mol. The van der Waals surface area contributed by atoms with E-state index in [9.17, 15) is 14.7 Å². The molecule has 2 fully saturated rings. The van der Waals surface area contributed by atoms with Crippen LogP contribution in [0, 0.1) is 11.2 Å². The number of nitrogens with zero attached hydrogens (tertiary/aromatic N) is 2. The number of halogens is 2. The molecule has 41 heavy (non-hydrogen) atoms. The number of ether oxygens (including phenoxy) is 1. The van der Waals surface area contributed by atoms with Crippen LogP contribution < -0.4 is 15.0 Å². The van der Waals surface area contributed by atoms with Crippen molar-refractivity contribution in [3.05, 3.63) is 88.2 Å². The highest BCUT2D eigenvalue weighted by Crippen LogP contribution is 2.61. The Kier molecular flexibility index (Phi) is 6.54. The Morgan fingerprint density at radius 1 is 1.17 bits per heavy atom. The number of carboxylic acid groups (broad SMARTS) is 1. The number of carbonyl (C=O) groups is 2. The van der Waals surface area contributed by atoms with Gasteiger partial charge in [0.25, 0.3) is 0 Å². The molecule has 7 nitrogen and oxygen atoms in total. The molecule has 3 aromatic carbocycles. The van der Waals surface area contributed by atoms with Crippen LogP contribution in [0.4, 0.5) is 15.8 Å². The molecule has 1 amide bonds. The number of fused-ring (bicyclic) bond motifs is 3. The molecule has 3 aliphatic rings. The first-order valence-corrected chi connectivity index (χ1v) is 14.1. The van der Waals surface area contributed by atoms with E-state index in [0.29, 0.717) is 28.6 Å². The van der Waals surface area contributed by atoms with Crippen molar-refractivity contribution in [2.24, 2.45) is 5.41 Å². The van der Waals surface area contributed by atoms with Crippen molar-refractivity contribution in [1.29, 1.82) is 0 Å². The van der Waals surface area contributed by atoms with Crippen LogP contribution in [0.15, 0.2) is 60.7 Å². The van der Waals surface area contributed by atoms with Crippen LogP contribution in [0.25, 0.3) is 0 Å². The van der Waals surface area contributed by atoms with Crippen molar-refractivity contribution in [1.82, 2.24) is 4.90 Å². The van der Waals surface area contributed by atoms with Crippen LogP contribution in [0.2, 0.25) is 5.02 Å². The van der Waals surface area contributed by atoms with Crippen molar-refractivity contribution in [2.75, 3.05) is 30.5 Å². The fraction of sp³-hybridized carbons (Fsp3) is 0.375. The second-order valence-electron chi connectivity index (χ2n) is 12.4. The summed E-state index contributed by atoms with van der Waals surface area (Å²) in [6, 6.07) is 16.3. The molecule has 0 saturated carbocycles. The molecule has 0 aliphatic carbocycles. The molecular formula is C32H33ClFN3O4. The van der Waals surface area contributed by atoms with Crippen LogP contribution in [0.5, 0.6) is 5.75 Å². The number of hydrogen-bond donors (Lipinski definition) is 2. The first kappa shape index (κ1) is 27.5. The van der Waals surface area contributed by atoms with Gasteiger partial charge in [-0.3, -0.25) is 14.6 Å². The van der Waals surface area contributed by atoms with Crippen molar-refractivity contribution in [3.8, 4) is 5.75 Å². The highest BCUT2D eigenvalue weighted by atomic mass is 35.5. The number of methoxy groups -OCH3 is 1. The molecule has 9 heteroatoms. The van der Waals surface area contributed by atoms with Gasteiger partial charge in [0.1, 0.15) is 11.6 Å². The Bertz CT molecular complexity index is 1560. The lowest BCUT2D eigenvalue weighted by molar-refractivity contribution is -0.119. The van der Waals surface area contributed by atoms with E-state index in [1.165, 1.54) is 25.3 Å².